The molecule has 0 aromatic heterocycles. The second-order valence-electron chi connectivity index (χ2n) is 4.18. The molecule has 90 valence electrons. The Morgan fingerprint density at radius 2 is 2.00 bits per heavy atom. The topological polar surface area (TPSA) is 80.4 Å². The maximum Gasteiger partial charge on any atom is 0.219 e. The fourth-order valence-corrected chi connectivity index (χ4v) is 3.20. The monoisotopic (exact) mass is 263 g/mol. The van der Waals surface area contributed by atoms with Crippen molar-refractivity contribution < 1.29 is 13.5 Å². The molecule has 3 N–H and O–H groups in total. The average Bonchev–Trinajstić information content (AvgIpc) is 1.97. The maximum atomic E-state index is 11.5. The summed E-state index contributed by atoms with van der Waals surface area (Å²) in [6.45, 7) is 2.78. The summed E-state index contributed by atoms with van der Waals surface area (Å²) in [7, 11) is -3.90. The molecule has 0 amide bonds. The van der Waals surface area contributed by atoms with Crippen molar-refractivity contribution in [1.29, 1.82) is 0 Å². The SMILES string of the molecule is CC(C)(O)C(c1cccc(Cl)c1)S(N)(=O)=O. The highest BCUT2D eigenvalue weighted by atomic mass is 35.5. The zero-order valence-corrected chi connectivity index (χ0v) is 10.6. The molecule has 16 heavy (non-hydrogen) atoms. The van der Waals surface area contributed by atoms with Crippen molar-refractivity contribution in [2.24, 2.45) is 5.14 Å². The molecule has 1 atom stereocenters. The Morgan fingerprint density at radius 3 is 2.38 bits per heavy atom. The minimum Gasteiger partial charge on any atom is -0.389 e. The first kappa shape index (κ1) is 13.4. The fourth-order valence-electron chi connectivity index (χ4n) is 1.67. The summed E-state index contributed by atoms with van der Waals surface area (Å²) in [5.41, 5.74) is -1.10. The Labute approximate surface area is 100 Å². The highest BCUT2D eigenvalue weighted by molar-refractivity contribution is 7.89. The van der Waals surface area contributed by atoms with Crippen molar-refractivity contribution in [3.05, 3.63) is 34.9 Å². The molecule has 0 saturated carbocycles. The summed E-state index contributed by atoms with van der Waals surface area (Å²) in [5, 5.41) is 14.2. The van der Waals surface area contributed by atoms with Gasteiger partial charge in [0.25, 0.3) is 0 Å². The minimum atomic E-state index is -3.90. The first-order valence-electron chi connectivity index (χ1n) is 4.62. The lowest BCUT2D eigenvalue weighted by molar-refractivity contribution is 0.0747. The summed E-state index contributed by atoms with van der Waals surface area (Å²) in [6.07, 6.45) is 0. The van der Waals surface area contributed by atoms with Gasteiger partial charge in [0, 0.05) is 5.02 Å². The molecule has 0 heterocycles. The van der Waals surface area contributed by atoms with Gasteiger partial charge >= 0.3 is 0 Å². The lowest BCUT2D eigenvalue weighted by Crippen LogP contribution is -2.38. The molecule has 1 aromatic carbocycles. The normalized spacial score (nSPS) is 14.8. The number of aliphatic hydroxyl groups is 1. The molecule has 4 nitrogen and oxygen atoms in total. The number of nitrogens with two attached hydrogens (primary N) is 1. The number of benzene rings is 1. The minimum absolute atomic E-state index is 0.377. The molecule has 0 spiro atoms. The maximum absolute atomic E-state index is 11.5. The zero-order valence-electron chi connectivity index (χ0n) is 9.01. The van der Waals surface area contributed by atoms with Gasteiger partial charge in [0.05, 0.1) is 5.60 Å². The van der Waals surface area contributed by atoms with Crippen LogP contribution in [-0.2, 0) is 10.0 Å². The van der Waals surface area contributed by atoms with Crippen LogP contribution in [0, 0.1) is 0 Å². The van der Waals surface area contributed by atoms with E-state index in [2.05, 4.69) is 0 Å². The van der Waals surface area contributed by atoms with E-state index in [0.717, 1.165) is 0 Å². The van der Waals surface area contributed by atoms with E-state index in [9.17, 15) is 13.5 Å². The third-order valence-corrected chi connectivity index (χ3v) is 3.86. The Kier molecular flexibility index (Phi) is 3.64. The molecular formula is C10H14ClNO3S. The van der Waals surface area contributed by atoms with Gasteiger partial charge in [-0.25, -0.2) is 13.6 Å². The third-order valence-electron chi connectivity index (χ3n) is 2.12. The predicted octanol–water partition coefficient (Wildman–Crippen LogP) is 1.44. The van der Waals surface area contributed by atoms with Gasteiger partial charge in [0.15, 0.2) is 0 Å². The highest BCUT2D eigenvalue weighted by Crippen LogP contribution is 2.32. The molecular weight excluding hydrogens is 250 g/mol. The molecule has 1 rings (SSSR count). The number of rotatable bonds is 3. The third kappa shape index (κ3) is 3.18. The van der Waals surface area contributed by atoms with Crippen LogP contribution in [0.1, 0.15) is 24.7 Å². The van der Waals surface area contributed by atoms with Gasteiger partial charge < -0.3 is 5.11 Å². The molecule has 6 heteroatoms. The van der Waals surface area contributed by atoms with Crippen molar-refractivity contribution in [2.45, 2.75) is 24.7 Å². The standard InChI is InChI=1S/C10H14ClNO3S/c1-10(2,13)9(16(12,14)15)7-4-3-5-8(11)6-7/h3-6,9,13H,1-2H3,(H2,12,14,15). The predicted molar refractivity (Wildman–Crippen MR) is 63.6 cm³/mol. The van der Waals surface area contributed by atoms with E-state index in [1.165, 1.54) is 19.9 Å². The van der Waals surface area contributed by atoms with Crippen LogP contribution in [0.5, 0.6) is 0 Å². The van der Waals surface area contributed by atoms with E-state index in [1.54, 1.807) is 18.2 Å². The van der Waals surface area contributed by atoms with E-state index in [0.29, 0.717) is 10.6 Å². The van der Waals surface area contributed by atoms with E-state index >= 15 is 0 Å². The van der Waals surface area contributed by atoms with Crippen molar-refractivity contribution >= 4 is 21.6 Å². The van der Waals surface area contributed by atoms with Crippen LogP contribution in [0.4, 0.5) is 0 Å². The molecule has 0 aliphatic carbocycles. The van der Waals surface area contributed by atoms with Gasteiger partial charge in [0.1, 0.15) is 5.25 Å². The lowest BCUT2D eigenvalue weighted by atomic mass is 9.98. The zero-order chi connectivity index (χ0) is 12.6. The van der Waals surface area contributed by atoms with Gasteiger partial charge in [-0.1, -0.05) is 23.7 Å². The second-order valence-corrected chi connectivity index (χ2v) is 6.26. The molecule has 1 aromatic rings. The average molecular weight is 264 g/mol. The van der Waals surface area contributed by atoms with Crippen molar-refractivity contribution in [1.82, 2.24) is 0 Å². The van der Waals surface area contributed by atoms with Crippen molar-refractivity contribution in [3.63, 3.8) is 0 Å². The van der Waals surface area contributed by atoms with Gasteiger partial charge in [0.2, 0.25) is 10.0 Å². The van der Waals surface area contributed by atoms with Crippen LogP contribution in [0.2, 0.25) is 5.02 Å². The molecule has 0 radical (unpaired) electrons. The summed E-state index contributed by atoms with van der Waals surface area (Å²) in [6, 6.07) is 6.28. The van der Waals surface area contributed by atoms with Gasteiger partial charge in [-0.3, -0.25) is 0 Å². The van der Waals surface area contributed by atoms with Gasteiger partial charge in [-0.15, -0.1) is 0 Å². The van der Waals surface area contributed by atoms with Crippen LogP contribution in [0.3, 0.4) is 0 Å². The van der Waals surface area contributed by atoms with E-state index < -0.39 is 20.9 Å². The fraction of sp³-hybridized carbons (Fsp3) is 0.400. The summed E-state index contributed by atoms with van der Waals surface area (Å²) >= 11 is 5.77. The van der Waals surface area contributed by atoms with Crippen LogP contribution in [0.25, 0.3) is 0 Å². The largest absolute Gasteiger partial charge is 0.389 e. The van der Waals surface area contributed by atoms with E-state index in [-0.39, 0.29) is 0 Å². The highest BCUT2D eigenvalue weighted by Gasteiger charge is 2.37. The Bertz CT molecular complexity index is 479. The summed E-state index contributed by atoms with van der Waals surface area (Å²) in [4.78, 5) is 0. The van der Waals surface area contributed by atoms with Crippen LogP contribution in [-0.4, -0.2) is 19.1 Å². The summed E-state index contributed by atoms with van der Waals surface area (Å²) < 4.78 is 22.9. The molecule has 0 aliphatic heterocycles. The Balaban J connectivity index is 3.34. The van der Waals surface area contributed by atoms with Crippen molar-refractivity contribution in [2.75, 3.05) is 0 Å². The molecule has 0 saturated heterocycles. The Hall–Kier alpha value is -0.620. The van der Waals surface area contributed by atoms with Gasteiger partial charge in [-0.05, 0) is 31.5 Å². The first-order valence-corrected chi connectivity index (χ1v) is 6.60. The van der Waals surface area contributed by atoms with Crippen LogP contribution in [0.15, 0.2) is 24.3 Å². The number of sulfonamides is 1. The quantitative estimate of drug-likeness (QED) is 0.866. The van der Waals surface area contributed by atoms with Crippen LogP contribution >= 0.6 is 11.6 Å². The smallest absolute Gasteiger partial charge is 0.219 e. The number of hydrogen-bond donors (Lipinski definition) is 2. The van der Waals surface area contributed by atoms with E-state index in [4.69, 9.17) is 16.7 Å². The Morgan fingerprint density at radius 1 is 1.44 bits per heavy atom. The molecule has 0 fully saturated rings. The second kappa shape index (κ2) is 4.33. The van der Waals surface area contributed by atoms with Gasteiger partial charge in [-0.2, -0.15) is 0 Å². The molecule has 0 bridgehead atoms. The van der Waals surface area contributed by atoms with E-state index in [1.807, 2.05) is 0 Å². The number of halogens is 1. The number of primary sulfonamides is 1. The molecule has 1 unspecified atom stereocenters. The number of hydrogen-bond acceptors (Lipinski definition) is 3. The first-order chi connectivity index (χ1) is 7.12. The van der Waals surface area contributed by atoms with Crippen LogP contribution < -0.4 is 5.14 Å². The molecule has 0 aliphatic rings. The van der Waals surface area contributed by atoms with Crippen molar-refractivity contribution in [3.8, 4) is 0 Å². The lowest BCUT2D eigenvalue weighted by Gasteiger charge is -2.27. The summed E-state index contributed by atoms with van der Waals surface area (Å²) in [5.74, 6) is 0.